The Morgan fingerprint density at radius 2 is 2.21 bits per heavy atom. The predicted octanol–water partition coefficient (Wildman–Crippen LogP) is 2.30. The highest BCUT2D eigenvalue weighted by Gasteiger charge is 2.26. The van der Waals surface area contributed by atoms with Crippen LogP contribution in [0, 0.1) is 11.3 Å². The Balaban J connectivity index is 2.19. The Bertz CT molecular complexity index is 575. The molecule has 0 unspecified atom stereocenters. The molecule has 1 aliphatic rings. The van der Waals surface area contributed by atoms with Crippen LogP contribution >= 0.6 is 11.3 Å². The van der Waals surface area contributed by atoms with Gasteiger partial charge >= 0.3 is 0 Å². The van der Waals surface area contributed by atoms with E-state index in [2.05, 4.69) is 6.07 Å². The average Bonchev–Trinajstić information content (AvgIpc) is 2.84. The second-order valence-electron chi connectivity index (χ2n) is 5.07. The molecule has 0 amide bonds. The summed E-state index contributed by atoms with van der Waals surface area (Å²) >= 11 is 1.71. The molecule has 4 nitrogen and oxygen atoms in total. The molecule has 0 saturated carbocycles. The SMILES string of the molecule is CC(C)N(Cc1cc2c(s1)CCC2)S(=O)(=O)CC#N. The Labute approximate surface area is 118 Å². The monoisotopic (exact) mass is 298 g/mol. The first-order valence-corrected chi connectivity index (χ1v) is 8.83. The molecule has 1 heterocycles. The minimum absolute atomic E-state index is 0.129. The topological polar surface area (TPSA) is 61.2 Å². The zero-order valence-corrected chi connectivity index (χ0v) is 12.9. The highest BCUT2D eigenvalue weighted by atomic mass is 32.2. The number of nitriles is 1. The van der Waals surface area contributed by atoms with Crippen LogP contribution in [0.2, 0.25) is 0 Å². The number of rotatable bonds is 5. The molecule has 2 rings (SSSR count). The van der Waals surface area contributed by atoms with Gasteiger partial charge in [0.25, 0.3) is 0 Å². The van der Waals surface area contributed by atoms with Crippen LogP contribution in [-0.4, -0.2) is 24.5 Å². The molecule has 0 aliphatic heterocycles. The Morgan fingerprint density at radius 1 is 1.47 bits per heavy atom. The summed E-state index contributed by atoms with van der Waals surface area (Å²) in [6.07, 6.45) is 3.44. The van der Waals surface area contributed by atoms with E-state index in [1.807, 2.05) is 13.8 Å². The van der Waals surface area contributed by atoms with Crippen LogP contribution in [0.15, 0.2) is 6.07 Å². The van der Waals surface area contributed by atoms with Gasteiger partial charge in [-0.15, -0.1) is 11.3 Å². The van der Waals surface area contributed by atoms with Crippen molar-refractivity contribution in [2.45, 2.75) is 45.7 Å². The minimum Gasteiger partial charge on any atom is -0.211 e. The molecular weight excluding hydrogens is 280 g/mol. The van der Waals surface area contributed by atoms with Gasteiger partial charge in [0.05, 0.1) is 6.07 Å². The van der Waals surface area contributed by atoms with Crippen LogP contribution in [0.1, 0.15) is 35.6 Å². The predicted molar refractivity (Wildman–Crippen MR) is 76.4 cm³/mol. The van der Waals surface area contributed by atoms with Gasteiger partial charge in [0, 0.05) is 22.3 Å². The maximum atomic E-state index is 12.1. The first-order chi connectivity index (χ1) is 8.94. The van der Waals surface area contributed by atoms with Crippen LogP contribution in [-0.2, 0) is 29.4 Å². The van der Waals surface area contributed by atoms with Crippen molar-refractivity contribution >= 4 is 21.4 Å². The summed E-state index contributed by atoms with van der Waals surface area (Å²) in [6, 6.07) is 3.74. The highest BCUT2D eigenvalue weighted by Crippen LogP contribution is 2.31. The van der Waals surface area contributed by atoms with Gasteiger partial charge in [-0.25, -0.2) is 8.42 Å². The van der Waals surface area contributed by atoms with Gasteiger partial charge in [-0.1, -0.05) is 0 Å². The Hall–Kier alpha value is -0.900. The van der Waals surface area contributed by atoms with Gasteiger partial charge in [0.2, 0.25) is 10.0 Å². The lowest BCUT2D eigenvalue weighted by molar-refractivity contribution is 0.352. The van der Waals surface area contributed by atoms with Crippen LogP contribution in [0.25, 0.3) is 0 Å². The smallest absolute Gasteiger partial charge is 0.211 e. The average molecular weight is 298 g/mol. The summed E-state index contributed by atoms with van der Waals surface area (Å²) in [5.74, 6) is -0.448. The van der Waals surface area contributed by atoms with Gasteiger partial charge in [-0.05, 0) is 44.7 Å². The maximum absolute atomic E-state index is 12.1. The van der Waals surface area contributed by atoms with Gasteiger partial charge < -0.3 is 0 Å². The summed E-state index contributed by atoms with van der Waals surface area (Å²) in [5, 5.41) is 8.64. The van der Waals surface area contributed by atoms with E-state index in [1.54, 1.807) is 17.4 Å². The first kappa shape index (κ1) is 14.5. The molecule has 0 radical (unpaired) electrons. The van der Waals surface area contributed by atoms with Crippen molar-refractivity contribution in [3.05, 3.63) is 21.4 Å². The molecule has 1 aromatic heterocycles. The third kappa shape index (κ3) is 3.16. The number of nitrogens with zero attached hydrogens (tertiary/aromatic N) is 2. The lowest BCUT2D eigenvalue weighted by atomic mass is 10.2. The lowest BCUT2D eigenvalue weighted by Crippen LogP contribution is -2.37. The maximum Gasteiger partial charge on any atom is 0.228 e. The van der Waals surface area contributed by atoms with E-state index in [9.17, 15) is 8.42 Å². The fourth-order valence-corrected chi connectivity index (χ4v) is 5.04. The quantitative estimate of drug-likeness (QED) is 0.838. The lowest BCUT2D eigenvalue weighted by Gasteiger charge is -2.24. The third-order valence-electron chi connectivity index (χ3n) is 3.29. The van der Waals surface area contributed by atoms with Crippen molar-refractivity contribution in [3.63, 3.8) is 0 Å². The van der Waals surface area contributed by atoms with E-state index in [0.29, 0.717) is 6.54 Å². The normalized spacial score (nSPS) is 14.9. The summed E-state index contributed by atoms with van der Waals surface area (Å²) in [6.45, 7) is 4.08. The fourth-order valence-electron chi connectivity index (χ4n) is 2.39. The number of thiophene rings is 1. The zero-order chi connectivity index (χ0) is 14.0. The molecule has 0 atom stereocenters. The van der Waals surface area contributed by atoms with E-state index in [4.69, 9.17) is 5.26 Å². The van der Waals surface area contributed by atoms with Crippen molar-refractivity contribution in [1.29, 1.82) is 5.26 Å². The van der Waals surface area contributed by atoms with Crippen molar-refractivity contribution < 1.29 is 8.42 Å². The van der Waals surface area contributed by atoms with Crippen LogP contribution in [0.4, 0.5) is 0 Å². The molecule has 104 valence electrons. The summed E-state index contributed by atoms with van der Waals surface area (Å²) < 4.78 is 25.5. The van der Waals surface area contributed by atoms with Crippen molar-refractivity contribution in [2.24, 2.45) is 0 Å². The van der Waals surface area contributed by atoms with Gasteiger partial charge in [0.1, 0.15) is 0 Å². The molecule has 19 heavy (non-hydrogen) atoms. The molecular formula is C13H18N2O2S2. The summed E-state index contributed by atoms with van der Waals surface area (Å²) in [5.41, 5.74) is 1.38. The summed E-state index contributed by atoms with van der Waals surface area (Å²) in [7, 11) is -3.48. The van der Waals surface area contributed by atoms with E-state index in [-0.39, 0.29) is 6.04 Å². The van der Waals surface area contributed by atoms with E-state index in [0.717, 1.165) is 17.7 Å². The molecule has 0 aromatic carbocycles. The minimum atomic E-state index is -3.48. The molecule has 6 heteroatoms. The van der Waals surface area contributed by atoms with Crippen LogP contribution in [0.5, 0.6) is 0 Å². The third-order valence-corrected chi connectivity index (χ3v) is 6.27. The van der Waals surface area contributed by atoms with Crippen LogP contribution < -0.4 is 0 Å². The standard InChI is InChI=1S/C13H18N2O2S2/c1-10(2)15(19(16,17)7-6-14)9-12-8-11-4-3-5-13(11)18-12/h8,10H,3-5,7,9H2,1-2H3. The van der Waals surface area contributed by atoms with Gasteiger partial charge in [-0.3, -0.25) is 0 Å². The second kappa shape index (κ2) is 5.61. The number of hydrogen-bond acceptors (Lipinski definition) is 4. The van der Waals surface area contributed by atoms with Gasteiger partial charge in [-0.2, -0.15) is 9.57 Å². The second-order valence-corrected chi connectivity index (χ2v) is 8.21. The molecule has 0 fully saturated rings. The summed E-state index contributed by atoms with van der Waals surface area (Å²) in [4.78, 5) is 2.48. The van der Waals surface area contributed by atoms with Crippen molar-refractivity contribution in [3.8, 4) is 6.07 Å². The molecule has 1 aliphatic carbocycles. The van der Waals surface area contributed by atoms with Crippen molar-refractivity contribution in [2.75, 3.05) is 5.75 Å². The Morgan fingerprint density at radius 3 is 2.79 bits per heavy atom. The van der Waals surface area contributed by atoms with E-state index >= 15 is 0 Å². The molecule has 0 N–H and O–H groups in total. The number of sulfonamides is 1. The molecule has 0 bridgehead atoms. The van der Waals surface area contributed by atoms with Crippen LogP contribution in [0.3, 0.4) is 0 Å². The van der Waals surface area contributed by atoms with E-state index < -0.39 is 15.8 Å². The first-order valence-electron chi connectivity index (χ1n) is 6.41. The molecule has 1 aromatic rings. The number of hydrogen-bond donors (Lipinski definition) is 0. The molecule has 0 saturated heterocycles. The number of aryl methyl sites for hydroxylation is 2. The highest BCUT2D eigenvalue weighted by molar-refractivity contribution is 7.89. The largest absolute Gasteiger partial charge is 0.228 e. The van der Waals surface area contributed by atoms with Crippen molar-refractivity contribution in [1.82, 2.24) is 4.31 Å². The number of fused-ring (bicyclic) bond motifs is 1. The molecule has 0 spiro atoms. The Kier molecular flexibility index (Phi) is 4.29. The van der Waals surface area contributed by atoms with Gasteiger partial charge in [0.15, 0.2) is 5.75 Å². The van der Waals surface area contributed by atoms with E-state index in [1.165, 1.54) is 21.2 Å². The fraction of sp³-hybridized carbons (Fsp3) is 0.615. The zero-order valence-electron chi connectivity index (χ0n) is 11.2.